The first-order valence-electron chi connectivity index (χ1n) is 31.5. The first kappa shape index (κ1) is 65.7. The Balaban J connectivity index is 0.000000139. The van der Waals surface area contributed by atoms with E-state index in [2.05, 4.69) is 45.9 Å². The maximum Gasteiger partial charge on any atom is 0.309 e. The number of benzene rings is 4. The Labute approximate surface area is 505 Å². The molecule has 468 valence electrons. The highest BCUT2D eigenvalue weighted by Gasteiger charge is 2.46. The third-order valence-corrected chi connectivity index (χ3v) is 15.4. The van der Waals surface area contributed by atoms with Gasteiger partial charge in [0.05, 0.1) is 76.9 Å². The van der Waals surface area contributed by atoms with Crippen molar-refractivity contribution in [3.8, 4) is 23.0 Å². The van der Waals surface area contributed by atoms with Crippen molar-refractivity contribution in [1.29, 1.82) is 0 Å². The largest absolute Gasteiger partial charge is 0.491 e. The lowest BCUT2D eigenvalue weighted by atomic mass is 9.63. The first-order valence-corrected chi connectivity index (χ1v) is 31.5. The van der Waals surface area contributed by atoms with Crippen LogP contribution in [0, 0.1) is 44.4 Å². The molecule has 0 radical (unpaired) electrons. The van der Waals surface area contributed by atoms with Crippen LogP contribution >= 0.6 is 0 Å². The lowest BCUT2D eigenvalue weighted by Gasteiger charge is -2.41. The molecule has 0 spiro atoms. The van der Waals surface area contributed by atoms with Crippen molar-refractivity contribution in [3.05, 3.63) is 119 Å². The maximum atomic E-state index is 12.6. The molecule has 16 heteroatoms. The number of aryl methyl sites for hydroxylation is 3. The molecule has 8 aliphatic heterocycles. The molecule has 0 aromatic heterocycles. The summed E-state index contributed by atoms with van der Waals surface area (Å²) in [5, 5.41) is 0. The Morgan fingerprint density at radius 2 is 0.671 bits per heavy atom. The Hall–Kier alpha value is -5.30. The minimum absolute atomic E-state index is 0.0531. The summed E-state index contributed by atoms with van der Waals surface area (Å²) in [6, 6.07) is 30.5. The molecule has 8 saturated heterocycles. The van der Waals surface area contributed by atoms with E-state index < -0.39 is 0 Å². The van der Waals surface area contributed by atoms with Crippen LogP contribution < -0.4 is 18.9 Å². The molecular weight excluding hydrogens is 1080 g/mol. The highest BCUT2D eigenvalue weighted by molar-refractivity contribution is 5.82. The smallest absolute Gasteiger partial charge is 0.309 e. The predicted molar refractivity (Wildman–Crippen MR) is 323 cm³/mol. The van der Waals surface area contributed by atoms with Gasteiger partial charge < -0.3 is 66.3 Å². The van der Waals surface area contributed by atoms with Crippen LogP contribution in [0.4, 0.5) is 0 Å². The van der Waals surface area contributed by atoms with E-state index in [1.54, 1.807) is 0 Å². The molecule has 2 aliphatic carbocycles. The number of rotatable bonds is 22. The predicted octanol–water partition coefficient (Wildman–Crippen LogP) is 11.2. The number of ether oxygens (including phenoxy) is 14. The van der Waals surface area contributed by atoms with Crippen LogP contribution in [0.1, 0.15) is 107 Å². The molecule has 16 nitrogen and oxygen atoms in total. The Bertz CT molecular complexity index is 2360. The normalized spacial score (nSPS) is 27.5. The molecule has 14 rings (SSSR count). The summed E-state index contributed by atoms with van der Waals surface area (Å²) in [6.07, 6.45) is 12.9. The number of hydrogen-bond donors (Lipinski definition) is 0. The summed E-state index contributed by atoms with van der Waals surface area (Å²) < 4.78 is 74.7. The lowest BCUT2D eigenvalue weighted by molar-refractivity contribution is -0.166. The van der Waals surface area contributed by atoms with E-state index >= 15 is 0 Å². The van der Waals surface area contributed by atoms with Crippen LogP contribution in [0.3, 0.4) is 0 Å². The molecule has 8 heterocycles. The zero-order chi connectivity index (χ0) is 59.8. The van der Waals surface area contributed by atoms with Gasteiger partial charge in [0.15, 0.2) is 0 Å². The molecule has 0 amide bonds. The molecule has 2 saturated carbocycles. The van der Waals surface area contributed by atoms with Gasteiger partial charge in [0, 0.05) is 12.8 Å². The minimum atomic E-state index is -0.365. The van der Waals surface area contributed by atoms with Crippen LogP contribution in [0.15, 0.2) is 91.0 Å². The minimum Gasteiger partial charge on any atom is -0.491 e. The number of epoxide rings is 8. The number of esters is 2. The molecule has 85 heavy (non-hydrogen) atoms. The van der Waals surface area contributed by atoms with Gasteiger partial charge >= 0.3 is 11.9 Å². The zero-order valence-electron chi connectivity index (χ0n) is 51.6. The van der Waals surface area contributed by atoms with Gasteiger partial charge in [-0.2, -0.15) is 0 Å². The topological polar surface area (TPSA) is 190 Å². The van der Waals surface area contributed by atoms with Gasteiger partial charge in [-0.05, 0) is 91.5 Å². The highest BCUT2D eigenvalue weighted by atomic mass is 16.6. The Morgan fingerprint density at radius 1 is 0.388 bits per heavy atom. The summed E-state index contributed by atoms with van der Waals surface area (Å²) in [4.78, 5) is 25.1. The van der Waals surface area contributed by atoms with E-state index in [9.17, 15) is 9.59 Å². The summed E-state index contributed by atoms with van der Waals surface area (Å²) in [6.45, 7) is 24.4. The first-order chi connectivity index (χ1) is 41.5. The van der Waals surface area contributed by atoms with E-state index in [1.165, 1.54) is 53.5 Å². The molecule has 12 unspecified atom stereocenters. The van der Waals surface area contributed by atoms with Crippen molar-refractivity contribution in [2.45, 2.75) is 162 Å². The van der Waals surface area contributed by atoms with Crippen LogP contribution in [0.5, 0.6) is 23.0 Å². The lowest BCUT2D eigenvalue weighted by Crippen LogP contribution is -2.42. The molecule has 12 atom stereocenters. The van der Waals surface area contributed by atoms with Crippen molar-refractivity contribution in [3.63, 3.8) is 0 Å². The number of carbonyl (C=O) groups excluding carboxylic acids is 2. The third kappa shape index (κ3) is 25.5. The average Bonchev–Trinajstić information content (AvgIpc) is 4.32. The van der Waals surface area contributed by atoms with Crippen molar-refractivity contribution in [2.75, 3.05) is 92.5 Å². The highest BCUT2D eigenvalue weighted by Crippen LogP contribution is 2.46. The van der Waals surface area contributed by atoms with Gasteiger partial charge in [-0.3, -0.25) is 9.59 Å². The fraction of sp³-hybridized carbons (Fsp3) is 0.623. The summed E-state index contributed by atoms with van der Waals surface area (Å²) >= 11 is 0. The fourth-order valence-corrected chi connectivity index (χ4v) is 9.84. The summed E-state index contributed by atoms with van der Waals surface area (Å²) in [7, 11) is 0. The van der Waals surface area contributed by atoms with Crippen molar-refractivity contribution in [2.24, 2.45) is 23.7 Å². The van der Waals surface area contributed by atoms with E-state index in [1.807, 2.05) is 93.6 Å². The SMILES string of the molecule is CCC.CCC.Cc1ccccc1OCC1CO1.Cc1ccccc1OCC1CO1.Cc1ccccc1OCC1CO1.O=C(OCC1CO1)C1CC2CCCCC2CC1C(=O)OCC1CO1.c1cc(CC2CO2)c(OCC2CO2)c(CC2CO2)c1. The van der Waals surface area contributed by atoms with Gasteiger partial charge in [0.2, 0.25) is 0 Å². The van der Waals surface area contributed by atoms with E-state index in [4.69, 9.17) is 66.3 Å². The van der Waals surface area contributed by atoms with E-state index in [0.717, 1.165) is 101 Å². The zero-order valence-corrected chi connectivity index (χ0v) is 51.6. The summed E-state index contributed by atoms with van der Waals surface area (Å²) in [5.74, 6) is 3.79. The van der Waals surface area contributed by atoms with Crippen LogP contribution in [-0.2, 0) is 69.8 Å². The van der Waals surface area contributed by atoms with Crippen molar-refractivity contribution in [1.82, 2.24) is 0 Å². The number of para-hydroxylation sites is 4. The molecule has 10 aliphatic rings. The number of fused-ring (bicyclic) bond motifs is 1. The van der Waals surface area contributed by atoms with Gasteiger partial charge in [-0.15, -0.1) is 0 Å². The van der Waals surface area contributed by atoms with E-state index in [0.29, 0.717) is 95.2 Å². The maximum absolute atomic E-state index is 12.6. The monoisotopic (exact) mass is 1180 g/mol. The molecule has 4 aromatic rings. The molecule has 10 fully saturated rings. The Kier molecular flexibility index (Phi) is 27.0. The van der Waals surface area contributed by atoms with Crippen LogP contribution in [0.2, 0.25) is 0 Å². The van der Waals surface area contributed by atoms with Crippen molar-refractivity contribution >= 4 is 11.9 Å². The van der Waals surface area contributed by atoms with Gasteiger partial charge in [-0.1, -0.05) is 139 Å². The van der Waals surface area contributed by atoms with Gasteiger partial charge in [0.1, 0.15) is 99.3 Å². The molecule has 0 N–H and O–H groups in total. The number of carbonyl (C=O) groups is 2. The standard InChI is InChI=1S/C18H26O6.C15H18O4.3C10H12O2.2C3H8/c19-17(23-9-13-7-21-13)15-5-11-3-1-2-4-12(11)6-16(15)18(20)24-10-14-8-22-14;1-2-10(4-12-6-16-12)15(19-9-14-8-18-14)11(3-1)5-13-7-17-13;3*1-8-4-2-3-5-10(8)12-7-9-6-11-9;2*1-3-2/h11-16H,1-10H2;1-3,12-14H,4-9H2;3*2-5,9H,6-7H2,1H3;2*3H2,1-2H3. The van der Waals surface area contributed by atoms with Crippen LogP contribution in [-0.4, -0.2) is 153 Å². The van der Waals surface area contributed by atoms with Gasteiger partial charge in [-0.25, -0.2) is 0 Å². The second-order valence-corrected chi connectivity index (χ2v) is 23.7. The fourth-order valence-electron chi connectivity index (χ4n) is 9.84. The number of hydrogen-bond acceptors (Lipinski definition) is 16. The second-order valence-electron chi connectivity index (χ2n) is 23.7. The summed E-state index contributed by atoms with van der Waals surface area (Å²) in [5.41, 5.74) is 6.04. The molecule has 0 bridgehead atoms. The average molecular weight is 1180 g/mol. The molecule has 4 aromatic carbocycles. The second kappa shape index (κ2) is 34.9. The molecular formula is C69H96O16. The quantitative estimate of drug-likeness (QED) is 0.0533. The van der Waals surface area contributed by atoms with Crippen molar-refractivity contribution < 1.29 is 75.9 Å². The Morgan fingerprint density at radius 3 is 0.965 bits per heavy atom. The van der Waals surface area contributed by atoms with Gasteiger partial charge in [0.25, 0.3) is 0 Å². The third-order valence-electron chi connectivity index (χ3n) is 15.4. The van der Waals surface area contributed by atoms with Crippen LogP contribution in [0.25, 0.3) is 0 Å². The van der Waals surface area contributed by atoms with E-state index in [-0.39, 0.29) is 42.1 Å².